The molecule has 1 heterocycles. The van der Waals surface area contributed by atoms with Crippen LogP contribution in [0.15, 0.2) is 54.6 Å². The molecular weight excluding hydrogens is 410 g/mol. The number of aryl methyl sites for hydroxylation is 2. The number of carbonyl (C=O) groups excluding carboxylic acids is 1. The summed E-state index contributed by atoms with van der Waals surface area (Å²) in [5.74, 6) is 2.00. The van der Waals surface area contributed by atoms with E-state index in [-0.39, 0.29) is 5.92 Å². The number of carbonyl (C=O) groups is 1. The van der Waals surface area contributed by atoms with Crippen LogP contribution in [0.4, 0.5) is 0 Å². The van der Waals surface area contributed by atoms with E-state index in [1.807, 2.05) is 47.1 Å². The smallest absolute Gasteiger partial charge is 0.227 e. The van der Waals surface area contributed by atoms with E-state index in [1.54, 1.807) is 0 Å². The molecule has 2 saturated carbocycles. The van der Waals surface area contributed by atoms with Crippen molar-refractivity contribution in [1.29, 1.82) is 0 Å². The molecule has 0 bridgehead atoms. The number of amides is 1. The number of aromatic nitrogens is 2. The van der Waals surface area contributed by atoms with Gasteiger partial charge in [-0.15, -0.1) is 0 Å². The first-order chi connectivity index (χ1) is 16.1. The van der Waals surface area contributed by atoms with Crippen molar-refractivity contribution in [1.82, 2.24) is 14.7 Å². The van der Waals surface area contributed by atoms with Gasteiger partial charge in [-0.2, -0.15) is 5.10 Å². The molecule has 1 amide bonds. The van der Waals surface area contributed by atoms with E-state index in [0.29, 0.717) is 24.4 Å². The monoisotopic (exact) mass is 443 g/mol. The van der Waals surface area contributed by atoms with Gasteiger partial charge in [0.2, 0.25) is 11.8 Å². The highest BCUT2D eigenvalue weighted by Gasteiger charge is 2.38. The van der Waals surface area contributed by atoms with Gasteiger partial charge in [0.1, 0.15) is 5.75 Å². The third-order valence-corrected chi connectivity index (χ3v) is 6.89. The van der Waals surface area contributed by atoms with Gasteiger partial charge in [-0.1, -0.05) is 55.7 Å². The van der Waals surface area contributed by atoms with Gasteiger partial charge in [-0.25, -0.2) is 4.68 Å². The minimum Gasteiger partial charge on any atom is -0.439 e. The van der Waals surface area contributed by atoms with E-state index in [2.05, 4.69) is 30.9 Å². The topological polar surface area (TPSA) is 47.4 Å². The maximum absolute atomic E-state index is 13.5. The highest BCUT2D eigenvalue weighted by Crippen LogP contribution is 2.38. The molecule has 0 unspecified atom stereocenters. The van der Waals surface area contributed by atoms with Gasteiger partial charge in [-0.05, 0) is 63.3 Å². The molecule has 33 heavy (non-hydrogen) atoms. The van der Waals surface area contributed by atoms with Crippen molar-refractivity contribution in [3.05, 3.63) is 71.4 Å². The van der Waals surface area contributed by atoms with Crippen LogP contribution < -0.4 is 4.74 Å². The Morgan fingerprint density at radius 2 is 1.73 bits per heavy atom. The number of benzene rings is 2. The highest BCUT2D eigenvalue weighted by molar-refractivity contribution is 5.80. The number of rotatable bonds is 8. The van der Waals surface area contributed by atoms with Crippen LogP contribution in [0.2, 0.25) is 0 Å². The van der Waals surface area contributed by atoms with Crippen molar-refractivity contribution in [2.24, 2.45) is 5.92 Å². The number of hydrogen-bond acceptors (Lipinski definition) is 3. The lowest BCUT2D eigenvalue weighted by Gasteiger charge is -2.26. The van der Waals surface area contributed by atoms with Crippen LogP contribution in [0.25, 0.3) is 5.69 Å². The fourth-order valence-electron chi connectivity index (χ4n) is 4.84. The number of hydrogen-bond donors (Lipinski definition) is 0. The molecule has 2 aliphatic carbocycles. The zero-order valence-corrected chi connectivity index (χ0v) is 19.7. The van der Waals surface area contributed by atoms with E-state index >= 15 is 0 Å². The van der Waals surface area contributed by atoms with Crippen LogP contribution in [0.5, 0.6) is 11.6 Å². The third-order valence-electron chi connectivity index (χ3n) is 6.89. The van der Waals surface area contributed by atoms with Gasteiger partial charge in [0.05, 0.1) is 23.5 Å². The maximum Gasteiger partial charge on any atom is 0.227 e. The molecule has 2 aromatic carbocycles. The van der Waals surface area contributed by atoms with Crippen LogP contribution in [-0.2, 0) is 17.8 Å². The Labute approximate surface area is 196 Å². The second kappa shape index (κ2) is 9.42. The van der Waals surface area contributed by atoms with Crippen molar-refractivity contribution in [3.63, 3.8) is 0 Å². The summed E-state index contributed by atoms with van der Waals surface area (Å²) in [6.45, 7) is 4.76. The average molecular weight is 444 g/mol. The molecule has 5 nitrogen and oxygen atoms in total. The molecule has 1 aromatic heterocycles. The third kappa shape index (κ3) is 4.68. The summed E-state index contributed by atoms with van der Waals surface area (Å²) in [6, 6.07) is 18.6. The van der Waals surface area contributed by atoms with Crippen LogP contribution in [-0.4, -0.2) is 26.6 Å². The second-order valence-electron chi connectivity index (χ2n) is 9.43. The van der Waals surface area contributed by atoms with E-state index in [9.17, 15) is 4.79 Å². The first-order valence-electron chi connectivity index (χ1n) is 12.3. The standard InChI is InChI=1S/C28H33N3O2/c1-3-26-25(19-30(22-15-16-22)27(32)21-9-7-8-10-21)28(33-24-17-13-20(2)14-18-24)31(29-26)23-11-5-4-6-12-23/h4-6,11-14,17-18,21-22H,3,7-10,15-16,19H2,1-2H3. The van der Waals surface area contributed by atoms with Crippen LogP contribution in [0, 0.1) is 12.8 Å². The van der Waals surface area contributed by atoms with Gasteiger partial charge in [-0.3, -0.25) is 4.79 Å². The summed E-state index contributed by atoms with van der Waals surface area (Å²) in [4.78, 5) is 15.6. The molecule has 3 aromatic rings. The molecule has 2 fully saturated rings. The number of para-hydroxylation sites is 1. The van der Waals surface area contributed by atoms with E-state index in [1.165, 1.54) is 18.4 Å². The normalized spacial score (nSPS) is 16.2. The molecule has 0 atom stereocenters. The molecule has 2 aliphatic rings. The minimum atomic E-state index is 0.182. The predicted molar refractivity (Wildman–Crippen MR) is 130 cm³/mol. The molecule has 0 aliphatic heterocycles. The number of ether oxygens (including phenoxy) is 1. The lowest BCUT2D eigenvalue weighted by molar-refractivity contribution is -0.136. The zero-order valence-electron chi connectivity index (χ0n) is 19.7. The Morgan fingerprint density at radius 1 is 1.03 bits per heavy atom. The van der Waals surface area contributed by atoms with E-state index in [0.717, 1.165) is 54.8 Å². The first kappa shape index (κ1) is 21.7. The Hall–Kier alpha value is -3.08. The van der Waals surface area contributed by atoms with Gasteiger partial charge in [0.15, 0.2) is 0 Å². The lowest BCUT2D eigenvalue weighted by Crippen LogP contribution is -2.36. The quantitative estimate of drug-likeness (QED) is 0.415. The molecule has 5 heteroatoms. The fourth-order valence-corrected chi connectivity index (χ4v) is 4.84. The van der Waals surface area contributed by atoms with Crippen molar-refractivity contribution < 1.29 is 9.53 Å². The Bertz CT molecular complexity index is 1090. The number of nitrogens with zero attached hydrogens (tertiary/aromatic N) is 3. The largest absolute Gasteiger partial charge is 0.439 e. The summed E-state index contributed by atoms with van der Waals surface area (Å²) < 4.78 is 8.40. The maximum atomic E-state index is 13.5. The van der Waals surface area contributed by atoms with Crippen LogP contribution in [0.1, 0.15) is 62.3 Å². The fraction of sp³-hybridized carbons (Fsp3) is 0.429. The molecule has 0 radical (unpaired) electrons. The average Bonchev–Trinajstić information content (AvgIpc) is 3.41. The van der Waals surface area contributed by atoms with Gasteiger partial charge < -0.3 is 9.64 Å². The first-order valence-corrected chi connectivity index (χ1v) is 12.3. The van der Waals surface area contributed by atoms with Crippen molar-refractivity contribution in [2.75, 3.05) is 0 Å². The summed E-state index contributed by atoms with van der Waals surface area (Å²) in [5, 5.41) is 4.96. The SMILES string of the molecule is CCc1nn(-c2ccccc2)c(Oc2ccc(C)cc2)c1CN(C(=O)C1CCCC1)C1CC1. The van der Waals surface area contributed by atoms with Crippen molar-refractivity contribution in [2.45, 2.75) is 71.4 Å². The molecule has 0 saturated heterocycles. The summed E-state index contributed by atoms with van der Waals surface area (Å²) in [6.07, 6.45) is 7.38. The van der Waals surface area contributed by atoms with Gasteiger partial charge in [0.25, 0.3) is 0 Å². The Balaban J connectivity index is 1.55. The summed E-state index contributed by atoms with van der Waals surface area (Å²) in [5.41, 5.74) is 4.17. The van der Waals surface area contributed by atoms with Crippen molar-refractivity contribution >= 4 is 5.91 Å². The summed E-state index contributed by atoms with van der Waals surface area (Å²) in [7, 11) is 0. The van der Waals surface area contributed by atoms with E-state index in [4.69, 9.17) is 9.84 Å². The molecule has 0 N–H and O–H groups in total. The van der Waals surface area contributed by atoms with Crippen LogP contribution >= 0.6 is 0 Å². The second-order valence-corrected chi connectivity index (χ2v) is 9.43. The van der Waals surface area contributed by atoms with Gasteiger partial charge in [0, 0.05) is 12.0 Å². The zero-order chi connectivity index (χ0) is 22.8. The van der Waals surface area contributed by atoms with E-state index < -0.39 is 0 Å². The van der Waals surface area contributed by atoms with Crippen molar-refractivity contribution in [3.8, 4) is 17.3 Å². The predicted octanol–water partition coefficient (Wildman–Crippen LogP) is 6.22. The molecular formula is C28H33N3O2. The van der Waals surface area contributed by atoms with Crippen LogP contribution in [0.3, 0.4) is 0 Å². The highest BCUT2D eigenvalue weighted by atomic mass is 16.5. The molecule has 5 rings (SSSR count). The minimum absolute atomic E-state index is 0.182. The molecule has 172 valence electrons. The lowest BCUT2D eigenvalue weighted by atomic mass is 10.1. The Morgan fingerprint density at radius 3 is 2.36 bits per heavy atom. The van der Waals surface area contributed by atoms with Gasteiger partial charge >= 0.3 is 0 Å². The summed E-state index contributed by atoms with van der Waals surface area (Å²) >= 11 is 0. The Kier molecular flexibility index (Phi) is 6.21. The molecule has 0 spiro atoms.